The molecular formula is C25H29NO6. The Morgan fingerprint density at radius 3 is 2.44 bits per heavy atom. The number of ether oxygens (including phenoxy) is 2. The Balaban J connectivity index is 2.04. The zero-order valence-corrected chi connectivity index (χ0v) is 18.6. The number of benzene rings is 2. The van der Waals surface area contributed by atoms with Crippen LogP contribution in [0.1, 0.15) is 42.5 Å². The van der Waals surface area contributed by atoms with Crippen LogP contribution >= 0.6 is 0 Å². The summed E-state index contributed by atoms with van der Waals surface area (Å²) in [6.45, 7) is 4.99. The monoisotopic (exact) mass is 439 g/mol. The van der Waals surface area contributed by atoms with E-state index in [9.17, 15) is 19.8 Å². The Kier molecular flexibility index (Phi) is 7.53. The van der Waals surface area contributed by atoms with Gasteiger partial charge in [-0.25, -0.2) is 0 Å². The van der Waals surface area contributed by atoms with E-state index in [0.29, 0.717) is 23.5 Å². The first kappa shape index (κ1) is 23.3. The molecule has 1 heterocycles. The van der Waals surface area contributed by atoms with Gasteiger partial charge in [0, 0.05) is 19.2 Å². The number of rotatable bonds is 9. The third kappa shape index (κ3) is 4.78. The number of aryl methyl sites for hydroxylation is 1. The molecule has 0 bridgehead atoms. The molecule has 2 aromatic rings. The first-order valence-corrected chi connectivity index (χ1v) is 10.7. The van der Waals surface area contributed by atoms with Crippen LogP contribution in [0.4, 0.5) is 0 Å². The lowest BCUT2D eigenvalue weighted by Gasteiger charge is -2.25. The molecule has 0 saturated carbocycles. The lowest BCUT2D eigenvalue weighted by molar-refractivity contribution is -0.140. The molecule has 170 valence electrons. The number of hydrogen-bond donors (Lipinski definition) is 2. The van der Waals surface area contributed by atoms with Gasteiger partial charge >= 0.3 is 0 Å². The summed E-state index contributed by atoms with van der Waals surface area (Å²) < 4.78 is 10.9. The molecule has 1 amide bonds. The number of ketones is 1. The van der Waals surface area contributed by atoms with E-state index in [4.69, 9.17) is 9.47 Å². The fourth-order valence-electron chi connectivity index (χ4n) is 3.74. The molecule has 1 atom stereocenters. The van der Waals surface area contributed by atoms with E-state index in [2.05, 4.69) is 6.92 Å². The molecule has 2 aromatic carbocycles. The van der Waals surface area contributed by atoms with Gasteiger partial charge in [-0.1, -0.05) is 25.5 Å². The molecule has 7 nitrogen and oxygen atoms in total. The number of carbonyl (C=O) groups is 2. The van der Waals surface area contributed by atoms with E-state index in [1.807, 2.05) is 6.92 Å². The van der Waals surface area contributed by atoms with E-state index >= 15 is 0 Å². The van der Waals surface area contributed by atoms with Crippen LogP contribution in [-0.2, 0) is 14.3 Å². The van der Waals surface area contributed by atoms with Crippen molar-refractivity contribution in [2.24, 2.45) is 0 Å². The number of aliphatic hydroxyl groups excluding tert-OH is 1. The number of hydrogen-bond acceptors (Lipinski definition) is 6. The predicted octanol–water partition coefficient (Wildman–Crippen LogP) is 3.95. The highest BCUT2D eigenvalue weighted by Crippen LogP contribution is 2.40. The Labute approximate surface area is 187 Å². The van der Waals surface area contributed by atoms with Crippen molar-refractivity contribution in [3.63, 3.8) is 0 Å². The van der Waals surface area contributed by atoms with Gasteiger partial charge in [0.25, 0.3) is 11.7 Å². The number of phenols is 1. The first-order chi connectivity index (χ1) is 15.4. The largest absolute Gasteiger partial charge is 0.508 e. The van der Waals surface area contributed by atoms with E-state index in [0.717, 1.165) is 18.4 Å². The Morgan fingerprint density at radius 1 is 1.09 bits per heavy atom. The molecular weight excluding hydrogens is 410 g/mol. The molecule has 0 radical (unpaired) electrons. The Morgan fingerprint density at radius 2 is 1.81 bits per heavy atom. The van der Waals surface area contributed by atoms with E-state index < -0.39 is 17.7 Å². The van der Waals surface area contributed by atoms with Crippen molar-refractivity contribution >= 4 is 17.4 Å². The average molecular weight is 440 g/mol. The minimum absolute atomic E-state index is 0.0100. The van der Waals surface area contributed by atoms with Crippen LogP contribution < -0.4 is 4.74 Å². The number of aromatic hydroxyl groups is 1. The second-order valence-electron chi connectivity index (χ2n) is 7.76. The molecule has 1 saturated heterocycles. The van der Waals surface area contributed by atoms with Gasteiger partial charge in [0.15, 0.2) is 0 Å². The maximum atomic E-state index is 12.9. The van der Waals surface area contributed by atoms with Gasteiger partial charge in [0.1, 0.15) is 17.3 Å². The number of aliphatic hydroxyl groups is 1. The third-order valence-corrected chi connectivity index (χ3v) is 5.49. The van der Waals surface area contributed by atoms with Gasteiger partial charge in [-0.15, -0.1) is 0 Å². The summed E-state index contributed by atoms with van der Waals surface area (Å²) in [7, 11) is 1.51. The van der Waals surface area contributed by atoms with Crippen molar-refractivity contribution in [1.82, 2.24) is 4.90 Å². The Hall–Kier alpha value is -3.32. The molecule has 0 unspecified atom stereocenters. The number of unbranched alkanes of at least 4 members (excludes halogenated alkanes) is 1. The topological polar surface area (TPSA) is 96.3 Å². The van der Waals surface area contributed by atoms with Crippen molar-refractivity contribution in [2.45, 2.75) is 32.7 Å². The second-order valence-corrected chi connectivity index (χ2v) is 7.76. The Bertz CT molecular complexity index is 1010. The molecule has 0 aromatic heterocycles. The molecule has 32 heavy (non-hydrogen) atoms. The predicted molar refractivity (Wildman–Crippen MR) is 121 cm³/mol. The van der Waals surface area contributed by atoms with Crippen LogP contribution in [0.3, 0.4) is 0 Å². The molecule has 1 fully saturated rings. The standard InChI is InChI=1S/C25H29NO6/c1-4-5-13-32-20-11-8-18(15-16(20)2)23(28)21-22(17-6-9-19(27)10-7-17)26(12-14-31-3)25(30)24(21)29/h6-11,15,22,27-28H,4-5,12-14H2,1-3H3/b23-21+/t22-/m0/s1. The number of methoxy groups -OCH3 is 1. The zero-order chi connectivity index (χ0) is 23.3. The lowest BCUT2D eigenvalue weighted by Crippen LogP contribution is -2.32. The number of amides is 1. The second kappa shape index (κ2) is 10.3. The first-order valence-electron chi connectivity index (χ1n) is 10.7. The van der Waals surface area contributed by atoms with Crippen LogP contribution in [0, 0.1) is 6.92 Å². The number of nitrogens with zero attached hydrogens (tertiary/aromatic N) is 1. The fourth-order valence-corrected chi connectivity index (χ4v) is 3.74. The van der Waals surface area contributed by atoms with Crippen molar-refractivity contribution in [1.29, 1.82) is 0 Å². The molecule has 1 aliphatic rings. The summed E-state index contributed by atoms with van der Waals surface area (Å²) in [6, 6.07) is 10.6. The van der Waals surface area contributed by atoms with Crippen LogP contribution in [0.5, 0.6) is 11.5 Å². The van der Waals surface area contributed by atoms with Crippen LogP contribution in [-0.4, -0.2) is 53.7 Å². The quantitative estimate of drug-likeness (QED) is 0.266. The molecule has 2 N–H and O–H groups in total. The molecule has 0 aliphatic carbocycles. The highest BCUT2D eigenvalue weighted by Gasteiger charge is 2.45. The minimum atomic E-state index is -0.786. The highest BCUT2D eigenvalue weighted by atomic mass is 16.5. The van der Waals surface area contributed by atoms with Crippen molar-refractivity contribution in [3.05, 3.63) is 64.7 Å². The fraction of sp³-hybridized carbons (Fsp3) is 0.360. The van der Waals surface area contributed by atoms with Crippen LogP contribution in [0.25, 0.3) is 5.76 Å². The summed E-state index contributed by atoms with van der Waals surface area (Å²) in [4.78, 5) is 27.1. The summed E-state index contributed by atoms with van der Waals surface area (Å²) in [5.74, 6) is -0.914. The molecule has 0 spiro atoms. The molecule has 7 heteroatoms. The zero-order valence-electron chi connectivity index (χ0n) is 18.6. The van der Waals surface area contributed by atoms with Gasteiger partial charge < -0.3 is 24.6 Å². The lowest BCUT2D eigenvalue weighted by atomic mass is 9.94. The summed E-state index contributed by atoms with van der Waals surface area (Å²) in [5, 5.41) is 20.8. The van der Waals surface area contributed by atoms with E-state index in [-0.39, 0.29) is 30.2 Å². The van der Waals surface area contributed by atoms with Crippen molar-refractivity contribution in [2.75, 3.05) is 26.9 Å². The van der Waals surface area contributed by atoms with Gasteiger partial charge in [-0.3, -0.25) is 9.59 Å². The number of carbonyl (C=O) groups excluding carboxylic acids is 2. The number of phenolic OH excluding ortho intramolecular Hbond substituents is 1. The summed E-state index contributed by atoms with van der Waals surface area (Å²) in [5.41, 5.74) is 1.87. The molecule has 1 aliphatic heterocycles. The van der Waals surface area contributed by atoms with Gasteiger partial charge in [-0.2, -0.15) is 0 Å². The average Bonchev–Trinajstić information content (AvgIpc) is 3.03. The normalized spacial score (nSPS) is 17.7. The smallest absolute Gasteiger partial charge is 0.295 e. The van der Waals surface area contributed by atoms with Crippen molar-refractivity contribution in [3.8, 4) is 11.5 Å². The van der Waals surface area contributed by atoms with E-state index in [1.54, 1.807) is 30.3 Å². The summed E-state index contributed by atoms with van der Waals surface area (Å²) in [6.07, 6.45) is 1.97. The highest BCUT2D eigenvalue weighted by molar-refractivity contribution is 6.46. The summed E-state index contributed by atoms with van der Waals surface area (Å²) >= 11 is 0. The minimum Gasteiger partial charge on any atom is -0.508 e. The van der Waals surface area contributed by atoms with Gasteiger partial charge in [0.05, 0.1) is 24.8 Å². The third-order valence-electron chi connectivity index (χ3n) is 5.49. The maximum absolute atomic E-state index is 12.9. The number of Topliss-reactive ketones (excluding diaryl/α,β-unsaturated/α-hetero) is 1. The maximum Gasteiger partial charge on any atom is 0.295 e. The van der Waals surface area contributed by atoms with Gasteiger partial charge in [-0.05, 0) is 54.8 Å². The van der Waals surface area contributed by atoms with Crippen LogP contribution in [0.2, 0.25) is 0 Å². The SMILES string of the molecule is CCCCOc1ccc(/C(O)=C2\C(=O)C(=O)N(CCOC)[C@H]2c2ccc(O)cc2)cc1C. The van der Waals surface area contributed by atoms with E-state index in [1.165, 1.54) is 24.1 Å². The molecule has 3 rings (SSSR count). The van der Waals surface area contributed by atoms with Gasteiger partial charge in [0.2, 0.25) is 0 Å². The van der Waals surface area contributed by atoms with Crippen LogP contribution in [0.15, 0.2) is 48.0 Å². The van der Waals surface area contributed by atoms with Crippen molar-refractivity contribution < 1.29 is 29.3 Å². The number of likely N-dealkylation sites (tertiary alicyclic amines) is 1.